The third-order valence-electron chi connectivity index (χ3n) is 5.00. The molecule has 1 aliphatic rings. The molecule has 1 atom stereocenters. The number of aliphatic imine (C=N–C) groups is 1. The van der Waals surface area contributed by atoms with Gasteiger partial charge in [-0.25, -0.2) is 9.98 Å². The van der Waals surface area contributed by atoms with Gasteiger partial charge >= 0.3 is 0 Å². The van der Waals surface area contributed by atoms with Gasteiger partial charge in [-0.3, -0.25) is 4.90 Å². The highest BCUT2D eigenvalue weighted by molar-refractivity contribution is 14.0. The zero-order chi connectivity index (χ0) is 20.6. The number of nitrogens with one attached hydrogen (secondary N) is 2. The summed E-state index contributed by atoms with van der Waals surface area (Å²) in [7, 11) is 0. The predicted molar refractivity (Wildman–Crippen MR) is 131 cm³/mol. The van der Waals surface area contributed by atoms with Crippen molar-refractivity contribution in [1.29, 1.82) is 0 Å². The Labute approximate surface area is 200 Å². The van der Waals surface area contributed by atoms with Crippen molar-refractivity contribution in [3.8, 4) is 0 Å². The number of hydrogen-bond acceptors (Lipinski definition) is 5. The standard InChI is InChI=1S/C21H30ClN5O2.HI/c1-4-23-21(25-14-20-26-15(2)16(3)29-20)24-13-19(27-9-11-28-12-10-27)17-7-5-6-8-18(17)22;/h5-8,19H,4,9-14H2,1-3H3,(H2,23,24,25);1H. The monoisotopic (exact) mass is 547 g/mol. The number of benzene rings is 1. The van der Waals surface area contributed by atoms with Gasteiger partial charge in [0.05, 0.1) is 24.9 Å². The number of hydrogen-bond donors (Lipinski definition) is 2. The third kappa shape index (κ3) is 6.83. The second-order valence-corrected chi connectivity index (χ2v) is 7.42. The molecule has 2 N–H and O–H groups in total. The van der Waals surface area contributed by atoms with Crippen LogP contribution in [0, 0.1) is 13.8 Å². The molecule has 0 spiro atoms. The molecule has 0 saturated carbocycles. The third-order valence-corrected chi connectivity index (χ3v) is 5.35. The maximum absolute atomic E-state index is 6.52. The zero-order valence-corrected chi connectivity index (χ0v) is 20.9. The molecule has 1 saturated heterocycles. The van der Waals surface area contributed by atoms with Crippen molar-refractivity contribution < 1.29 is 9.15 Å². The maximum atomic E-state index is 6.52. The Hall–Kier alpha value is -1.36. The molecule has 0 bridgehead atoms. The molecule has 1 fully saturated rings. The number of oxazole rings is 1. The zero-order valence-electron chi connectivity index (χ0n) is 17.8. The molecule has 1 aromatic heterocycles. The SMILES string of the molecule is CCNC(=NCc1nc(C)c(C)o1)NCC(c1ccccc1Cl)N1CCOCC1.I. The fraction of sp³-hybridized carbons (Fsp3) is 0.524. The highest BCUT2D eigenvalue weighted by Crippen LogP contribution is 2.27. The normalized spacial score (nSPS) is 16.1. The lowest BCUT2D eigenvalue weighted by Gasteiger charge is -2.35. The molecule has 0 amide bonds. The van der Waals surface area contributed by atoms with Gasteiger partial charge in [-0.05, 0) is 32.4 Å². The molecule has 9 heteroatoms. The lowest BCUT2D eigenvalue weighted by Crippen LogP contribution is -2.46. The molecule has 0 radical (unpaired) electrons. The average molecular weight is 548 g/mol. The summed E-state index contributed by atoms with van der Waals surface area (Å²) >= 11 is 6.52. The summed E-state index contributed by atoms with van der Waals surface area (Å²) in [5, 5.41) is 7.53. The molecule has 3 rings (SSSR count). The molecule has 30 heavy (non-hydrogen) atoms. The molecule has 2 heterocycles. The van der Waals surface area contributed by atoms with E-state index in [0.717, 1.165) is 60.8 Å². The van der Waals surface area contributed by atoms with E-state index in [1.807, 2.05) is 39.0 Å². The number of ether oxygens (including phenoxy) is 1. The molecule has 0 aliphatic carbocycles. The Morgan fingerprint density at radius 3 is 2.60 bits per heavy atom. The van der Waals surface area contributed by atoms with Crippen molar-refractivity contribution in [2.24, 2.45) is 4.99 Å². The fourth-order valence-corrected chi connectivity index (χ4v) is 3.62. The van der Waals surface area contributed by atoms with Crippen LogP contribution in [0.4, 0.5) is 0 Å². The quantitative estimate of drug-likeness (QED) is 0.313. The Morgan fingerprint density at radius 2 is 1.97 bits per heavy atom. The van der Waals surface area contributed by atoms with Crippen LogP contribution in [-0.4, -0.2) is 55.2 Å². The summed E-state index contributed by atoms with van der Waals surface area (Å²) in [5.74, 6) is 2.18. The van der Waals surface area contributed by atoms with Crippen molar-refractivity contribution >= 4 is 41.5 Å². The number of aromatic nitrogens is 1. The lowest BCUT2D eigenvalue weighted by molar-refractivity contribution is 0.0170. The predicted octanol–water partition coefficient (Wildman–Crippen LogP) is 3.69. The minimum atomic E-state index is 0. The van der Waals surface area contributed by atoms with Crippen molar-refractivity contribution in [2.75, 3.05) is 39.4 Å². The first kappa shape index (κ1) is 24.9. The first-order valence-electron chi connectivity index (χ1n) is 10.1. The summed E-state index contributed by atoms with van der Waals surface area (Å²) in [6.45, 7) is 10.9. The van der Waals surface area contributed by atoms with E-state index in [9.17, 15) is 0 Å². The first-order valence-corrected chi connectivity index (χ1v) is 10.5. The fourth-order valence-electron chi connectivity index (χ4n) is 3.36. The minimum Gasteiger partial charge on any atom is -0.444 e. The molecule has 2 aromatic rings. The van der Waals surface area contributed by atoms with Crippen molar-refractivity contribution in [1.82, 2.24) is 20.5 Å². The summed E-state index contributed by atoms with van der Waals surface area (Å²) in [4.78, 5) is 11.4. The Balaban J connectivity index is 0.00000320. The summed E-state index contributed by atoms with van der Waals surface area (Å²) < 4.78 is 11.2. The molecule has 1 aromatic carbocycles. The van der Waals surface area contributed by atoms with Gasteiger partial charge in [-0.1, -0.05) is 29.8 Å². The Bertz CT molecular complexity index is 804. The van der Waals surface area contributed by atoms with Crippen LogP contribution >= 0.6 is 35.6 Å². The van der Waals surface area contributed by atoms with E-state index in [1.54, 1.807) is 0 Å². The van der Waals surface area contributed by atoms with E-state index in [4.69, 9.17) is 20.8 Å². The number of halogens is 2. The van der Waals surface area contributed by atoms with Crippen molar-refractivity contribution in [2.45, 2.75) is 33.4 Å². The molecular weight excluding hydrogens is 517 g/mol. The van der Waals surface area contributed by atoms with Crippen LogP contribution in [-0.2, 0) is 11.3 Å². The molecule has 1 aliphatic heterocycles. The van der Waals surface area contributed by atoms with Gasteiger partial charge in [0, 0.05) is 31.2 Å². The number of aryl methyl sites for hydroxylation is 2. The smallest absolute Gasteiger partial charge is 0.216 e. The second-order valence-electron chi connectivity index (χ2n) is 7.01. The number of rotatable bonds is 7. The number of nitrogens with zero attached hydrogens (tertiary/aromatic N) is 3. The van der Waals surface area contributed by atoms with E-state index < -0.39 is 0 Å². The van der Waals surface area contributed by atoms with Crippen LogP contribution in [0.25, 0.3) is 0 Å². The summed E-state index contributed by atoms with van der Waals surface area (Å²) in [6.07, 6.45) is 0. The average Bonchev–Trinajstić information content (AvgIpc) is 3.05. The van der Waals surface area contributed by atoms with Gasteiger partial charge in [0.1, 0.15) is 12.3 Å². The Morgan fingerprint density at radius 1 is 1.23 bits per heavy atom. The van der Waals surface area contributed by atoms with Crippen LogP contribution in [0.1, 0.15) is 35.9 Å². The highest BCUT2D eigenvalue weighted by Gasteiger charge is 2.24. The van der Waals surface area contributed by atoms with Crippen molar-refractivity contribution in [3.05, 3.63) is 52.2 Å². The van der Waals surface area contributed by atoms with Gasteiger partial charge in [0.15, 0.2) is 5.96 Å². The maximum Gasteiger partial charge on any atom is 0.216 e. The molecule has 166 valence electrons. The van der Waals surface area contributed by atoms with Crippen molar-refractivity contribution in [3.63, 3.8) is 0 Å². The van der Waals surface area contributed by atoms with Gasteiger partial charge in [0.2, 0.25) is 5.89 Å². The summed E-state index contributed by atoms with van der Waals surface area (Å²) in [6, 6.07) is 8.15. The highest BCUT2D eigenvalue weighted by atomic mass is 127. The van der Waals surface area contributed by atoms with Crippen LogP contribution < -0.4 is 10.6 Å². The van der Waals surface area contributed by atoms with E-state index in [-0.39, 0.29) is 30.0 Å². The van der Waals surface area contributed by atoms with Gasteiger partial charge in [-0.2, -0.15) is 0 Å². The topological polar surface area (TPSA) is 74.9 Å². The van der Waals surface area contributed by atoms with Crippen LogP contribution in [0.3, 0.4) is 0 Å². The number of guanidine groups is 1. The van der Waals surface area contributed by atoms with E-state index in [1.165, 1.54) is 0 Å². The lowest BCUT2D eigenvalue weighted by atomic mass is 10.0. The van der Waals surface area contributed by atoms with E-state index in [0.29, 0.717) is 19.0 Å². The van der Waals surface area contributed by atoms with E-state index >= 15 is 0 Å². The Kier molecular flexibility index (Phi) is 10.4. The molecule has 1 unspecified atom stereocenters. The first-order chi connectivity index (χ1) is 14.1. The second kappa shape index (κ2) is 12.5. The summed E-state index contributed by atoms with van der Waals surface area (Å²) in [5.41, 5.74) is 2.01. The molecular formula is C21H31ClIN5O2. The van der Waals surface area contributed by atoms with Crippen LogP contribution in [0.2, 0.25) is 5.02 Å². The van der Waals surface area contributed by atoms with E-state index in [2.05, 4.69) is 31.6 Å². The van der Waals surface area contributed by atoms with Crippen LogP contribution in [0.15, 0.2) is 33.7 Å². The molecule has 7 nitrogen and oxygen atoms in total. The number of morpholine rings is 1. The van der Waals surface area contributed by atoms with Gasteiger partial charge in [-0.15, -0.1) is 24.0 Å². The minimum absolute atomic E-state index is 0. The van der Waals surface area contributed by atoms with Gasteiger partial charge < -0.3 is 19.8 Å². The van der Waals surface area contributed by atoms with Gasteiger partial charge in [0.25, 0.3) is 0 Å². The largest absolute Gasteiger partial charge is 0.444 e. The van der Waals surface area contributed by atoms with Crippen LogP contribution in [0.5, 0.6) is 0 Å².